The number of alkyl halides is 1. The number of methoxy groups -OCH3 is 1. The highest BCUT2D eigenvalue weighted by Gasteiger charge is 2.25. The Kier molecular flexibility index (Phi) is 8.88. The Morgan fingerprint density at radius 1 is 1.16 bits per heavy atom. The normalized spacial score (nSPS) is 15.0. The molecule has 0 N–H and O–H groups in total. The third-order valence-electron chi connectivity index (χ3n) is 7.84. The number of carbonyl (C=O) groups excluding carboxylic acids is 1. The number of piperidine rings is 1. The summed E-state index contributed by atoms with van der Waals surface area (Å²) < 4.78 is 34.1. The van der Waals surface area contributed by atoms with E-state index in [2.05, 4.69) is 15.0 Å². The van der Waals surface area contributed by atoms with Crippen LogP contribution >= 0.6 is 22.9 Å². The number of ether oxygens (including phenoxy) is 3. The first-order chi connectivity index (χ1) is 21.3. The number of thiophene rings is 1. The number of fused-ring (bicyclic) bond motifs is 1. The molecule has 4 heterocycles. The van der Waals surface area contributed by atoms with Crippen LogP contribution in [0.2, 0.25) is 5.02 Å². The molecule has 230 valence electrons. The quantitative estimate of drug-likeness (QED) is 0.154. The molecule has 1 aliphatic heterocycles. The number of nitrogens with zero attached hydrogens (tertiary/aromatic N) is 5. The number of likely N-dealkylation sites (tertiary alicyclic amines) is 1. The van der Waals surface area contributed by atoms with Gasteiger partial charge in [0.2, 0.25) is 0 Å². The van der Waals surface area contributed by atoms with Gasteiger partial charge in [-0.2, -0.15) is 5.10 Å². The van der Waals surface area contributed by atoms with E-state index in [0.29, 0.717) is 27.9 Å². The van der Waals surface area contributed by atoms with Gasteiger partial charge >= 0.3 is 5.97 Å². The number of imidazole rings is 1. The van der Waals surface area contributed by atoms with Gasteiger partial charge in [-0.3, -0.25) is 9.25 Å². The molecule has 9 nitrogen and oxygen atoms in total. The summed E-state index contributed by atoms with van der Waals surface area (Å²) in [5.74, 6) is 0.480. The van der Waals surface area contributed by atoms with Crippen molar-refractivity contribution in [3.05, 3.63) is 76.6 Å². The van der Waals surface area contributed by atoms with Gasteiger partial charge in [0.05, 0.1) is 29.4 Å². The van der Waals surface area contributed by atoms with E-state index in [4.69, 9.17) is 25.8 Å². The number of aromatic nitrogens is 4. The van der Waals surface area contributed by atoms with Crippen molar-refractivity contribution in [2.24, 2.45) is 7.05 Å². The first kappa shape index (κ1) is 30.1. The molecular weight excluding hydrogens is 605 g/mol. The van der Waals surface area contributed by atoms with Crippen molar-refractivity contribution in [3.8, 4) is 27.6 Å². The Labute approximate surface area is 263 Å². The number of carbonyl (C=O) groups is 1. The van der Waals surface area contributed by atoms with Crippen LogP contribution in [0.5, 0.6) is 11.5 Å². The molecule has 0 bridgehead atoms. The van der Waals surface area contributed by atoms with Crippen molar-refractivity contribution < 1.29 is 23.4 Å². The molecule has 1 fully saturated rings. The molecule has 1 saturated heterocycles. The molecule has 0 aliphatic carbocycles. The molecule has 5 aromatic rings. The molecule has 12 heteroatoms. The number of hydrogen-bond acceptors (Lipinski definition) is 8. The summed E-state index contributed by atoms with van der Waals surface area (Å²) in [6, 6.07) is 13.5. The standard InChI is InChI=1S/C32H33ClFN5O4S/c1-20(24-5-4-6-27(30(24)33)43-23-9-12-38(13-10-23)14-11-34)42-28-16-29(44-31(28)32(40)41-3)39-19-35-25-15-21(7-8-26(25)39)22-17-36-37(2)18-22/h4-8,15-20,23H,9-14H2,1-3H3/t20-/m1/s1. The van der Waals surface area contributed by atoms with Crippen LogP contribution in [-0.2, 0) is 11.8 Å². The van der Waals surface area contributed by atoms with E-state index >= 15 is 0 Å². The summed E-state index contributed by atoms with van der Waals surface area (Å²) in [5, 5.41) is 5.48. The Hall–Kier alpha value is -3.93. The van der Waals surface area contributed by atoms with Gasteiger partial charge in [0.15, 0.2) is 4.88 Å². The van der Waals surface area contributed by atoms with E-state index in [1.54, 1.807) is 11.0 Å². The largest absolute Gasteiger partial charge is 0.489 e. The second-order valence-corrected chi connectivity index (χ2v) is 12.2. The maximum Gasteiger partial charge on any atom is 0.351 e. The van der Waals surface area contributed by atoms with Gasteiger partial charge in [0.1, 0.15) is 41.7 Å². The summed E-state index contributed by atoms with van der Waals surface area (Å²) in [4.78, 5) is 19.9. The predicted octanol–water partition coefficient (Wildman–Crippen LogP) is 6.88. The average Bonchev–Trinajstić information content (AvgIpc) is 3.77. The van der Waals surface area contributed by atoms with Crippen LogP contribution in [0.4, 0.5) is 4.39 Å². The maximum absolute atomic E-state index is 12.8. The lowest BCUT2D eigenvalue weighted by Crippen LogP contribution is -2.39. The molecule has 2 aromatic carbocycles. The Balaban J connectivity index is 1.23. The smallest absolute Gasteiger partial charge is 0.351 e. The Morgan fingerprint density at radius 3 is 2.70 bits per heavy atom. The third-order valence-corrected chi connectivity index (χ3v) is 9.34. The fourth-order valence-electron chi connectivity index (χ4n) is 5.48. The zero-order valence-corrected chi connectivity index (χ0v) is 26.3. The number of rotatable bonds is 10. The monoisotopic (exact) mass is 637 g/mol. The van der Waals surface area contributed by atoms with Crippen LogP contribution in [0.15, 0.2) is 61.2 Å². The van der Waals surface area contributed by atoms with E-state index in [-0.39, 0.29) is 12.8 Å². The molecule has 44 heavy (non-hydrogen) atoms. The van der Waals surface area contributed by atoms with Crippen molar-refractivity contribution in [2.45, 2.75) is 32.0 Å². The molecule has 1 atom stereocenters. The van der Waals surface area contributed by atoms with E-state index in [0.717, 1.165) is 58.7 Å². The van der Waals surface area contributed by atoms with Crippen LogP contribution in [0.25, 0.3) is 27.2 Å². The van der Waals surface area contributed by atoms with Crippen molar-refractivity contribution in [3.63, 3.8) is 0 Å². The van der Waals surface area contributed by atoms with Gasteiger partial charge < -0.3 is 19.1 Å². The summed E-state index contributed by atoms with van der Waals surface area (Å²) in [6.07, 6.45) is 6.63. The highest BCUT2D eigenvalue weighted by molar-refractivity contribution is 7.16. The van der Waals surface area contributed by atoms with Crippen LogP contribution in [0, 0.1) is 0 Å². The minimum absolute atomic E-state index is 0.00522. The van der Waals surface area contributed by atoms with Gasteiger partial charge in [0.25, 0.3) is 0 Å². The van der Waals surface area contributed by atoms with Gasteiger partial charge in [-0.25, -0.2) is 14.2 Å². The summed E-state index contributed by atoms with van der Waals surface area (Å²) in [6.45, 7) is 3.58. The zero-order chi connectivity index (χ0) is 30.8. The van der Waals surface area contributed by atoms with Crippen molar-refractivity contribution >= 4 is 39.9 Å². The highest BCUT2D eigenvalue weighted by Crippen LogP contribution is 2.40. The molecule has 6 rings (SSSR count). The number of aryl methyl sites for hydroxylation is 1. The highest BCUT2D eigenvalue weighted by atomic mass is 35.5. The number of hydrogen-bond donors (Lipinski definition) is 0. The maximum atomic E-state index is 12.8. The second kappa shape index (κ2) is 13.0. The minimum atomic E-state index is -0.495. The fraction of sp³-hybridized carbons (Fsp3) is 0.344. The molecule has 0 amide bonds. The zero-order valence-electron chi connectivity index (χ0n) is 24.7. The summed E-state index contributed by atoms with van der Waals surface area (Å²) in [5.41, 5.74) is 4.45. The van der Waals surface area contributed by atoms with E-state index in [1.165, 1.54) is 18.4 Å². The summed E-state index contributed by atoms with van der Waals surface area (Å²) in [7, 11) is 3.23. The van der Waals surface area contributed by atoms with E-state index in [1.807, 2.05) is 73.4 Å². The Bertz CT molecular complexity index is 1780. The van der Waals surface area contributed by atoms with Crippen LogP contribution in [-0.4, -0.2) is 69.7 Å². The van der Waals surface area contributed by atoms with Crippen molar-refractivity contribution in [1.29, 1.82) is 0 Å². The van der Waals surface area contributed by atoms with Crippen molar-refractivity contribution in [2.75, 3.05) is 33.4 Å². The number of halogens is 2. The third kappa shape index (κ3) is 6.17. The van der Waals surface area contributed by atoms with Gasteiger partial charge in [-0.15, -0.1) is 11.3 Å². The number of benzene rings is 2. The van der Waals surface area contributed by atoms with E-state index < -0.39 is 12.1 Å². The SMILES string of the molecule is COC(=O)c1sc(-n2cnc3cc(-c4cnn(C)c4)ccc32)cc1O[C@H](C)c1cccc(OC2CCN(CCF)CC2)c1Cl. The summed E-state index contributed by atoms with van der Waals surface area (Å²) >= 11 is 8.10. The minimum Gasteiger partial charge on any atom is -0.489 e. The van der Waals surface area contributed by atoms with Gasteiger partial charge in [0, 0.05) is 50.1 Å². The molecule has 1 aliphatic rings. The number of esters is 1. The van der Waals surface area contributed by atoms with Crippen LogP contribution in [0.1, 0.15) is 41.1 Å². The topological polar surface area (TPSA) is 83.6 Å². The van der Waals surface area contributed by atoms with Crippen LogP contribution in [0.3, 0.4) is 0 Å². The molecule has 0 spiro atoms. The van der Waals surface area contributed by atoms with Gasteiger partial charge in [-0.1, -0.05) is 29.8 Å². The first-order valence-electron chi connectivity index (χ1n) is 14.4. The fourth-order valence-corrected chi connectivity index (χ4v) is 6.80. The molecule has 0 saturated carbocycles. The molecular formula is C32H33ClFN5O4S. The first-order valence-corrected chi connectivity index (χ1v) is 15.6. The van der Waals surface area contributed by atoms with Gasteiger partial charge in [-0.05, 0) is 43.5 Å². The Morgan fingerprint density at radius 2 is 1.98 bits per heavy atom. The predicted molar refractivity (Wildman–Crippen MR) is 169 cm³/mol. The lowest BCUT2D eigenvalue weighted by atomic mass is 10.1. The molecule has 0 radical (unpaired) electrons. The van der Waals surface area contributed by atoms with E-state index in [9.17, 15) is 9.18 Å². The average molecular weight is 638 g/mol. The van der Waals surface area contributed by atoms with Crippen molar-refractivity contribution in [1.82, 2.24) is 24.2 Å². The molecule has 3 aromatic heterocycles. The lowest BCUT2D eigenvalue weighted by Gasteiger charge is -2.31. The molecule has 0 unspecified atom stereocenters. The second-order valence-electron chi connectivity index (χ2n) is 10.8. The van der Waals surface area contributed by atoms with Crippen LogP contribution < -0.4 is 9.47 Å². The lowest BCUT2D eigenvalue weighted by molar-refractivity contribution is 0.0600.